The Morgan fingerprint density at radius 3 is 2.94 bits per heavy atom. The van der Waals surface area contributed by atoms with Crippen LogP contribution in [0.5, 0.6) is 5.88 Å². The van der Waals surface area contributed by atoms with Gasteiger partial charge in [0.15, 0.2) is 0 Å². The van der Waals surface area contributed by atoms with E-state index in [9.17, 15) is 4.79 Å². The molecular weight excluding hydrogens is 238 g/mol. The number of hydrogen-bond acceptors (Lipinski definition) is 5. The van der Waals surface area contributed by atoms with Gasteiger partial charge in [-0.15, -0.1) is 0 Å². The maximum atomic E-state index is 11.8. The zero-order chi connectivity index (χ0) is 12.4. The van der Waals surface area contributed by atoms with Crippen LogP contribution in [0.4, 0.5) is 5.95 Å². The van der Waals surface area contributed by atoms with Gasteiger partial charge >= 0.3 is 0 Å². The Labute approximate surface area is 106 Å². The van der Waals surface area contributed by atoms with Crippen LogP contribution < -0.4 is 9.64 Å². The highest BCUT2D eigenvalue weighted by Gasteiger charge is 2.31. The molecule has 0 aromatic carbocycles. The summed E-state index contributed by atoms with van der Waals surface area (Å²) in [5.74, 6) is 1.94. The summed E-state index contributed by atoms with van der Waals surface area (Å²) in [6.07, 6.45) is 0.517. The molecule has 1 aliphatic rings. The molecule has 1 aromatic rings. The van der Waals surface area contributed by atoms with Crippen molar-refractivity contribution in [2.45, 2.75) is 13.3 Å². The number of carbonyl (C=O) groups excluding carboxylic acids is 1. The van der Waals surface area contributed by atoms with Crippen LogP contribution in [0.1, 0.15) is 12.1 Å². The molecule has 0 aliphatic carbocycles. The molecule has 2 heterocycles. The number of ether oxygens (including phenoxy) is 1. The quantitative estimate of drug-likeness (QED) is 0.819. The smallest absolute Gasteiger partial charge is 0.235 e. The highest BCUT2D eigenvalue weighted by molar-refractivity contribution is 7.80. The molecule has 1 saturated heterocycles. The Morgan fingerprint density at radius 1 is 1.59 bits per heavy atom. The van der Waals surface area contributed by atoms with E-state index in [4.69, 9.17) is 4.74 Å². The number of thiol groups is 1. The molecule has 5 nitrogen and oxygen atoms in total. The molecule has 1 unspecified atom stereocenters. The van der Waals surface area contributed by atoms with Crippen molar-refractivity contribution in [1.82, 2.24) is 9.97 Å². The molecule has 17 heavy (non-hydrogen) atoms. The topological polar surface area (TPSA) is 55.3 Å². The summed E-state index contributed by atoms with van der Waals surface area (Å²) >= 11 is 4.22. The largest absolute Gasteiger partial charge is 0.481 e. The summed E-state index contributed by atoms with van der Waals surface area (Å²) in [5.41, 5.74) is 0.786. The maximum Gasteiger partial charge on any atom is 0.235 e. The van der Waals surface area contributed by atoms with E-state index in [1.165, 1.54) is 0 Å². The van der Waals surface area contributed by atoms with Gasteiger partial charge in [-0.1, -0.05) is 0 Å². The predicted octanol–water partition coefficient (Wildman–Crippen LogP) is 1.08. The molecule has 1 fully saturated rings. The summed E-state index contributed by atoms with van der Waals surface area (Å²) in [4.78, 5) is 21.9. The lowest BCUT2D eigenvalue weighted by atomic mass is 10.1. The molecule has 2 rings (SSSR count). The van der Waals surface area contributed by atoms with Crippen molar-refractivity contribution in [3.8, 4) is 5.88 Å². The summed E-state index contributed by atoms with van der Waals surface area (Å²) in [6.45, 7) is 2.49. The van der Waals surface area contributed by atoms with Gasteiger partial charge in [-0.05, 0) is 18.6 Å². The molecule has 6 heteroatoms. The molecule has 1 atom stereocenters. The number of carbonyl (C=O) groups is 1. The van der Waals surface area contributed by atoms with E-state index in [2.05, 4.69) is 22.6 Å². The number of methoxy groups -OCH3 is 1. The zero-order valence-corrected chi connectivity index (χ0v) is 10.8. The molecule has 0 saturated carbocycles. The minimum atomic E-state index is 0.0525. The number of rotatable bonds is 3. The van der Waals surface area contributed by atoms with Crippen molar-refractivity contribution in [2.75, 3.05) is 24.3 Å². The highest BCUT2D eigenvalue weighted by Crippen LogP contribution is 2.24. The third kappa shape index (κ3) is 2.52. The van der Waals surface area contributed by atoms with Gasteiger partial charge < -0.3 is 4.74 Å². The fraction of sp³-hybridized carbons (Fsp3) is 0.545. The summed E-state index contributed by atoms with van der Waals surface area (Å²) in [5, 5.41) is 0. The summed E-state index contributed by atoms with van der Waals surface area (Å²) in [7, 11) is 1.55. The van der Waals surface area contributed by atoms with Crippen LogP contribution in [0, 0.1) is 12.8 Å². The molecule has 92 valence electrons. The normalized spacial score (nSPS) is 19.8. The molecule has 0 spiro atoms. The molecule has 1 aliphatic heterocycles. The SMILES string of the molecule is COc1cc(C)nc(N2CC(CS)CC2=O)n1. The number of aromatic nitrogens is 2. The van der Waals surface area contributed by atoms with Crippen molar-refractivity contribution >= 4 is 24.5 Å². The molecule has 0 bridgehead atoms. The van der Waals surface area contributed by atoms with E-state index in [1.54, 1.807) is 18.1 Å². The van der Waals surface area contributed by atoms with Crippen LogP contribution in [-0.4, -0.2) is 35.3 Å². The number of hydrogen-bond donors (Lipinski definition) is 1. The van der Waals surface area contributed by atoms with E-state index in [0.717, 1.165) is 5.69 Å². The monoisotopic (exact) mass is 253 g/mol. The first-order valence-corrected chi connectivity index (χ1v) is 6.08. The van der Waals surface area contributed by atoms with E-state index in [-0.39, 0.29) is 11.8 Å². The minimum absolute atomic E-state index is 0.0525. The van der Waals surface area contributed by atoms with Crippen LogP contribution in [0.3, 0.4) is 0 Å². The van der Waals surface area contributed by atoms with E-state index >= 15 is 0 Å². The highest BCUT2D eigenvalue weighted by atomic mass is 32.1. The third-order valence-corrected chi connectivity index (χ3v) is 3.25. The van der Waals surface area contributed by atoms with Gasteiger partial charge in [-0.3, -0.25) is 9.69 Å². The molecular formula is C11H15N3O2S. The number of nitrogens with zero attached hydrogens (tertiary/aromatic N) is 3. The van der Waals surface area contributed by atoms with Crippen molar-refractivity contribution in [2.24, 2.45) is 5.92 Å². The second kappa shape index (κ2) is 4.91. The van der Waals surface area contributed by atoms with E-state index in [0.29, 0.717) is 30.5 Å². The van der Waals surface area contributed by atoms with Crippen LogP contribution in [-0.2, 0) is 4.79 Å². The first-order valence-electron chi connectivity index (χ1n) is 5.45. The lowest BCUT2D eigenvalue weighted by Gasteiger charge is -2.15. The van der Waals surface area contributed by atoms with Gasteiger partial charge in [0.2, 0.25) is 17.7 Å². The Balaban J connectivity index is 2.28. The number of amides is 1. The average molecular weight is 253 g/mol. The predicted molar refractivity (Wildman–Crippen MR) is 67.6 cm³/mol. The number of aryl methyl sites for hydroxylation is 1. The average Bonchev–Trinajstić information content (AvgIpc) is 2.69. The molecule has 0 N–H and O–H groups in total. The van der Waals surface area contributed by atoms with Crippen molar-refractivity contribution in [3.63, 3.8) is 0 Å². The summed E-state index contributed by atoms with van der Waals surface area (Å²) < 4.78 is 5.08. The van der Waals surface area contributed by atoms with Crippen LogP contribution >= 0.6 is 12.6 Å². The van der Waals surface area contributed by atoms with Gasteiger partial charge in [0.1, 0.15) is 0 Å². The molecule has 0 radical (unpaired) electrons. The first kappa shape index (κ1) is 12.2. The number of anilines is 1. The van der Waals surface area contributed by atoms with Crippen LogP contribution in [0.25, 0.3) is 0 Å². The maximum absolute atomic E-state index is 11.8. The van der Waals surface area contributed by atoms with Gasteiger partial charge in [0, 0.05) is 24.7 Å². The van der Waals surface area contributed by atoms with Gasteiger partial charge in [0.25, 0.3) is 0 Å². The van der Waals surface area contributed by atoms with Gasteiger partial charge in [0.05, 0.1) is 7.11 Å². The van der Waals surface area contributed by atoms with Crippen LogP contribution in [0.2, 0.25) is 0 Å². The minimum Gasteiger partial charge on any atom is -0.481 e. The standard InChI is InChI=1S/C11H15N3O2S/c1-7-3-9(16-2)13-11(12-7)14-5-8(6-17)4-10(14)15/h3,8,17H,4-6H2,1-2H3. The fourth-order valence-corrected chi connectivity index (χ4v) is 2.09. The van der Waals surface area contributed by atoms with Crippen LogP contribution in [0.15, 0.2) is 6.07 Å². The Morgan fingerprint density at radius 2 is 2.35 bits per heavy atom. The second-order valence-corrected chi connectivity index (χ2v) is 4.47. The molecule has 1 aromatic heterocycles. The van der Waals surface area contributed by atoms with Gasteiger partial charge in [-0.25, -0.2) is 4.98 Å². The lowest BCUT2D eigenvalue weighted by Crippen LogP contribution is -2.27. The fourth-order valence-electron chi connectivity index (χ4n) is 1.85. The lowest BCUT2D eigenvalue weighted by molar-refractivity contribution is -0.117. The Hall–Kier alpha value is -1.30. The van der Waals surface area contributed by atoms with E-state index < -0.39 is 0 Å². The van der Waals surface area contributed by atoms with Crippen molar-refractivity contribution in [3.05, 3.63) is 11.8 Å². The summed E-state index contributed by atoms with van der Waals surface area (Å²) in [6, 6.07) is 1.74. The van der Waals surface area contributed by atoms with Crippen molar-refractivity contribution < 1.29 is 9.53 Å². The zero-order valence-electron chi connectivity index (χ0n) is 9.88. The third-order valence-electron chi connectivity index (χ3n) is 2.73. The van der Waals surface area contributed by atoms with Crippen molar-refractivity contribution in [1.29, 1.82) is 0 Å². The molecule has 1 amide bonds. The van der Waals surface area contributed by atoms with E-state index in [1.807, 2.05) is 6.92 Å². The Bertz CT molecular complexity index is 439. The first-order chi connectivity index (χ1) is 8.13. The Kier molecular flexibility index (Phi) is 3.51. The second-order valence-electron chi connectivity index (χ2n) is 4.11. The van der Waals surface area contributed by atoms with Gasteiger partial charge in [-0.2, -0.15) is 17.6 Å².